The second-order valence-electron chi connectivity index (χ2n) is 9.16. The van der Waals surface area contributed by atoms with Gasteiger partial charge >= 0.3 is 0 Å². The summed E-state index contributed by atoms with van der Waals surface area (Å²) in [6.07, 6.45) is 0. The third-order valence-electron chi connectivity index (χ3n) is 6.28. The molecular formula is C36H25ClO3. The van der Waals surface area contributed by atoms with Gasteiger partial charge in [0.05, 0.1) is 0 Å². The summed E-state index contributed by atoms with van der Waals surface area (Å²) in [5, 5.41) is 0.702. The van der Waals surface area contributed by atoms with E-state index in [0.717, 1.165) is 33.8 Å². The van der Waals surface area contributed by atoms with E-state index < -0.39 is 0 Å². The van der Waals surface area contributed by atoms with E-state index in [2.05, 4.69) is 24.3 Å². The zero-order chi connectivity index (χ0) is 27.1. The molecule has 0 aromatic heterocycles. The fourth-order valence-corrected chi connectivity index (χ4v) is 4.59. The smallest absolute Gasteiger partial charge is 0.135 e. The van der Waals surface area contributed by atoms with Crippen LogP contribution in [0.2, 0.25) is 5.02 Å². The minimum absolute atomic E-state index is 0.658. The van der Waals surface area contributed by atoms with Crippen LogP contribution in [0.25, 0.3) is 22.3 Å². The van der Waals surface area contributed by atoms with Crippen LogP contribution < -0.4 is 14.2 Å². The van der Waals surface area contributed by atoms with Crippen LogP contribution in [0.1, 0.15) is 0 Å². The first kappa shape index (κ1) is 25.3. The van der Waals surface area contributed by atoms with Crippen molar-refractivity contribution < 1.29 is 14.2 Å². The van der Waals surface area contributed by atoms with Crippen LogP contribution in [-0.4, -0.2) is 0 Å². The number of halogens is 1. The largest absolute Gasteiger partial charge is 0.457 e. The third-order valence-corrected chi connectivity index (χ3v) is 6.51. The molecule has 40 heavy (non-hydrogen) atoms. The molecule has 0 N–H and O–H groups in total. The molecule has 0 aliphatic carbocycles. The van der Waals surface area contributed by atoms with Crippen LogP contribution in [0.4, 0.5) is 0 Å². The fraction of sp³-hybridized carbons (Fsp3) is 0. The second-order valence-corrected chi connectivity index (χ2v) is 9.59. The molecule has 0 radical (unpaired) electrons. The lowest BCUT2D eigenvalue weighted by Crippen LogP contribution is -1.91. The minimum Gasteiger partial charge on any atom is -0.457 e. The molecule has 0 aliphatic rings. The first-order chi connectivity index (χ1) is 19.7. The Labute approximate surface area is 238 Å². The highest BCUT2D eigenvalue weighted by Gasteiger charge is 2.11. The molecule has 194 valence electrons. The van der Waals surface area contributed by atoms with Gasteiger partial charge in [-0.3, -0.25) is 0 Å². The Bertz CT molecular complexity index is 1730. The number of hydrogen-bond acceptors (Lipinski definition) is 3. The molecule has 0 fully saturated rings. The van der Waals surface area contributed by atoms with Gasteiger partial charge in [-0.15, -0.1) is 0 Å². The van der Waals surface area contributed by atoms with E-state index in [-0.39, 0.29) is 0 Å². The van der Waals surface area contributed by atoms with Crippen molar-refractivity contribution in [3.8, 4) is 56.8 Å². The fourth-order valence-electron chi connectivity index (χ4n) is 4.40. The summed E-state index contributed by atoms with van der Waals surface area (Å²) in [5.74, 6) is 4.20. The van der Waals surface area contributed by atoms with E-state index in [0.29, 0.717) is 28.0 Å². The number of ether oxygens (including phenoxy) is 3. The van der Waals surface area contributed by atoms with Gasteiger partial charge in [0, 0.05) is 22.7 Å². The Hall–Kier alpha value is -4.99. The Morgan fingerprint density at radius 3 is 1.50 bits per heavy atom. The molecule has 0 unspecified atom stereocenters. The van der Waals surface area contributed by atoms with Gasteiger partial charge in [0.1, 0.15) is 34.5 Å². The summed E-state index contributed by atoms with van der Waals surface area (Å²) < 4.78 is 18.5. The van der Waals surface area contributed by atoms with Crippen molar-refractivity contribution in [1.29, 1.82) is 0 Å². The molecule has 4 heteroatoms. The van der Waals surface area contributed by atoms with Gasteiger partial charge in [-0.1, -0.05) is 90.5 Å². The Morgan fingerprint density at radius 1 is 0.350 bits per heavy atom. The van der Waals surface area contributed by atoms with E-state index >= 15 is 0 Å². The number of rotatable bonds is 8. The van der Waals surface area contributed by atoms with Gasteiger partial charge in [0.2, 0.25) is 0 Å². The van der Waals surface area contributed by atoms with E-state index in [4.69, 9.17) is 25.8 Å². The maximum Gasteiger partial charge on any atom is 0.135 e. The first-order valence-corrected chi connectivity index (χ1v) is 13.3. The average molecular weight is 541 g/mol. The summed E-state index contributed by atoms with van der Waals surface area (Å²) in [6, 6.07) is 49.1. The van der Waals surface area contributed by atoms with Crippen LogP contribution in [0.5, 0.6) is 34.5 Å². The predicted octanol–water partition coefficient (Wildman–Crippen LogP) is 11.1. The normalized spacial score (nSPS) is 10.6. The zero-order valence-electron chi connectivity index (χ0n) is 21.5. The van der Waals surface area contributed by atoms with Crippen LogP contribution >= 0.6 is 11.6 Å². The second kappa shape index (κ2) is 11.8. The summed E-state index contributed by atoms with van der Waals surface area (Å²) in [4.78, 5) is 0. The van der Waals surface area contributed by atoms with Crippen molar-refractivity contribution in [3.05, 3.63) is 157 Å². The van der Waals surface area contributed by atoms with Crippen molar-refractivity contribution in [3.63, 3.8) is 0 Å². The van der Waals surface area contributed by atoms with Crippen LogP contribution in [0.15, 0.2) is 152 Å². The number of hydrogen-bond donors (Lipinski definition) is 0. The monoisotopic (exact) mass is 540 g/mol. The Kier molecular flexibility index (Phi) is 7.47. The van der Waals surface area contributed by atoms with Crippen molar-refractivity contribution in [1.82, 2.24) is 0 Å². The zero-order valence-corrected chi connectivity index (χ0v) is 22.3. The van der Waals surface area contributed by atoms with E-state index in [1.54, 1.807) is 0 Å². The summed E-state index contributed by atoms with van der Waals surface area (Å²) in [6.45, 7) is 0. The average Bonchev–Trinajstić information content (AvgIpc) is 2.99. The molecule has 6 aromatic carbocycles. The SMILES string of the molecule is Clc1cccc(-c2ccc(Oc3cccc(Oc4cccc(Oc5ccccc5)c4)c3)c(-c3ccccc3)c2)c1. The third kappa shape index (κ3) is 6.17. The van der Waals surface area contributed by atoms with Crippen molar-refractivity contribution >= 4 is 11.6 Å². The number of benzene rings is 6. The molecule has 0 aliphatic heterocycles. The Morgan fingerprint density at radius 2 is 0.850 bits per heavy atom. The highest BCUT2D eigenvalue weighted by atomic mass is 35.5. The highest BCUT2D eigenvalue weighted by molar-refractivity contribution is 6.30. The van der Waals surface area contributed by atoms with Gasteiger partial charge in [-0.25, -0.2) is 0 Å². The Balaban J connectivity index is 1.26. The molecule has 0 atom stereocenters. The first-order valence-electron chi connectivity index (χ1n) is 12.9. The molecule has 0 saturated heterocycles. The topological polar surface area (TPSA) is 27.7 Å². The van der Waals surface area contributed by atoms with Crippen molar-refractivity contribution in [2.45, 2.75) is 0 Å². The quantitative estimate of drug-likeness (QED) is 0.192. The van der Waals surface area contributed by atoms with Crippen molar-refractivity contribution in [2.75, 3.05) is 0 Å². The number of para-hydroxylation sites is 1. The molecule has 3 nitrogen and oxygen atoms in total. The lowest BCUT2D eigenvalue weighted by molar-refractivity contribution is 0.452. The van der Waals surface area contributed by atoms with E-state index in [1.165, 1.54) is 0 Å². The van der Waals surface area contributed by atoms with Crippen molar-refractivity contribution in [2.24, 2.45) is 0 Å². The van der Waals surface area contributed by atoms with Gasteiger partial charge < -0.3 is 14.2 Å². The minimum atomic E-state index is 0.658. The highest BCUT2D eigenvalue weighted by Crippen LogP contribution is 2.38. The van der Waals surface area contributed by atoms with E-state index in [9.17, 15) is 0 Å². The molecule has 0 spiro atoms. The lowest BCUT2D eigenvalue weighted by Gasteiger charge is -2.15. The summed E-state index contributed by atoms with van der Waals surface area (Å²) in [5.41, 5.74) is 4.15. The molecule has 0 heterocycles. The van der Waals surface area contributed by atoms with Crippen LogP contribution in [0.3, 0.4) is 0 Å². The molecule has 0 bridgehead atoms. The predicted molar refractivity (Wildman–Crippen MR) is 162 cm³/mol. The lowest BCUT2D eigenvalue weighted by atomic mass is 9.98. The standard InChI is InChI=1S/C36H25ClO3/c37-29-13-7-12-27(22-29)28-20-21-36(35(23-28)26-10-3-1-4-11-26)40-34-19-9-18-33(25-34)39-32-17-8-16-31(24-32)38-30-14-5-2-6-15-30/h1-25H. The van der Waals surface area contributed by atoms with Gasteiger partial charge in [-0.05, 0) is 77.4 Å². The van der Waals surface area contributed by atoms with Crippen LogP contribution in [0, 0.1) is 0 Å². The molecule has 6 aromatic rings. The van der Waals surface area contributed by atoms with Gasteiger partial charge in [0.25, 0.3) is 0 Å². The summed E-state index contributed by atoms with van der Waals surface area (Å²) in [7, 11) is 0. The maximum absolute atomic E-state index is 6.43. The van der Waals surface area contributed by atoms with E-state index in [1.807, 2.05) is 127 Å². The van der Waals surface area contributed by atoms with Crippen LogP contribution in [-0.2, 0) is 0 Å². The summed E-state index contributed by atoms with van der Waals surface area (Å²) >= 11 is 6.26. The molecular weight excluding hydrogens is 516 g/mol. The maximum atomic E-state index is 6.43. The molecule has 0 amide bonds. The van der Waals surface area contributed by atoms with Gasteiger partial charge in [0.15, 0.2) is 0 Å². The molecule has 6 rings (SSSR count). The molecule has 0 saturated carbocycles. The van der Waals surface area contributed by atoms with Gasteiger partial charge in [-0.2, -0.15) is 0 Å².